The second-order valence-electron chi connectivity index (χ2n) is 3.37. The summed E-state index contributed by atoms with van der Waals surface area (Å²) in [5.74, 6) is 0.817. The molecule has 1 heterocycles. The van der Waals surface area contributed by atoms with Crippen LogP contribution >= 0.6 is 11.6 Å². The zero-order chi connectivity index (χ0) is 12.3. The van der Waals surface area contributed by atoms with E-state index in [4.69, 9.17) is 16.3 Å². The second-order valence-corrected chi connectivity index (χ2v) is 3.64. The van der Waals surface area contributed by atoms with Crippen molar-refractivity contribution in [3.05, 3.63) is 35.4 Å². The molecule has 2 rings (SSSR count). The molecule has 0 fully saturated rings. The molecule has 1 aromatic carbocycles. The highest BCUT2D eigenvalue weighted by atomic mass is 35.5. The summed E-state index contributed by atoms with van der Waals surface area (Å²) in [4.78, 5) is 1.34. The smallest absolute Gasteiger partial charge is 0.212 e. The third-order valence-corrected chi connectivity index (χ3v) is 2.36. The molecule has 0 N–H and O–H groups in total. The van der Waals surface area contributed by atoms with Crippen LogP contribution in [0.4, 0.5) is 4.39 Å². The fraction of sp³-hybridized carbons (Fsp3) is 0.300. The normalized spacial score (nSPS) is 10.5. The molecule has 90 valence electrons. The molecular formula is C10H10ClFN4O. The maximum Gasteiger partial charge on any atom is 0.212 e. The van der Waals surface area contributed by atoms with Gasteiger partial charge in [0.1, 0.15) is 11.6 Å². The van der Waals surface area contributed by atoms with E-state index in [-0.39, 0.29) is 18.3 Å². The fourth-order valence-electron chi connectivity index (χ4n) is 1.32. The van der Waals surface area contributed by atoms with E-state index in [0.29, 0.717) is 17.1 Å². The van der Waals surface area contributed by atoms with Gasteiger partial charge in [0, 0.05) is 5.56 Å². The van der Waals surface area contributed by atoms with Crippen LogP contribution < -0.4 is 4.74 Å². The Kier molecular flexibility index (Phi) is 3.53. The lowest BCUT2D eigenvalue weighted by atomic mass is 10.2. The van der Waals surface area contributed by atoms with E-state index < -0.39 is 0 Å². The number of tetrazole rings is 1. The highest BCUT2D eigenvalue weighted by Gasteiger charge is 2.07. The Bertz CT molecular complexity index is 517. The third-order valence-electron chi connectivity index (χ3n) is 2.07. The number of aromatic nitrogens is 4. The van der Waals surface area contributed by atoms with Crippen LogP contribution in [-0.4, -0.2) is 20.2 Å². The number of alkyl halides is 1. The molecule has 0 spiro atoms. The summed E-state index contributed by atoms with van der Waals surface area (Å²) in [6, 6.07) is 4.19. The van der Waals surface area contributed by atoms with Gasteiger partial charge in [0.15, 0.2) is 6.61 Å². The molecule has 0 unspecified atom stereocenters. The van der Waals surface area contributed by atoms with E-state index in [2.05, 4.69) is 15.4 Å². The Balaban J connectivity index is 2.08. The predicted octanol–water partition coefficient (Wildman–Crippen LogP) is 1.67. The van der Waals surface area contributed by atoms with Crippen molar-refractivity contribution >= 4 is 11.6 Å². The SMILES string of the molecule is Cn1nnc(COc2ccc(F)cc2CCl)n1. The van der Waals surface area contributed by atoms with Gasteiger partial charge in [0.25, 0.3) is 0 Å². The van der Waals surface area contributed by atoms with Gasteiger partial charge in [-0.2, -0.15) is 4.80 Å². The highest BCUT2D eigenvalue weighted by molar-refractivity contribution is 6.17. The van der Waals surface area contributed by atoms with Gasteiger partial charge in [0.2, 0.25) is 5.82 Å². The minimum Gasteiger partial charge on any atom is -0.485 e. The summed E-state index contributed by atoms with van der Waals surface area (Å²) in [5, 5.41) is 11.4. The van der Waals surface area contributed by atoms with E-state index in [9.17, 15) is 4.39 Å². The maximum absolute atomic E-state index is 12.9. The average molecular weight is 257 g/mol. The van der Waals surface area contributed by atoms with Crippen LogP contribution in [0, 0.1) is 5.82 Å². The van der Waals surface area contributed by atoms with Gasteiger partial charge in [-0.1, -0.05) is 0 Å². The molecule has 0 atom stereocenters. The van der Waals surface area contributed by atoms with E-state index in [1.165, 1.54) is 23.0 Å². The van der Waals surface area contributed by atoms with Gasteiger partial charge >= 0.3 is 0 Å². The monoisotopic (exact) mass is 256 g/mol. The van der Waals surface area contributed by atoms with E-state index in [0.717, 1.165) is 0 Å². The minimum atomic E-state index is -0.342. The largest absolute Gasteiger partial charge is 0.485 e. The Morgan fingerprint density at radius 1 is 1.47 bits per heavy atom. The van der Waals surface area contributed by atoms with Gasteiger partial charge < -0.3 is 4.74 Å². The van der Waals surface area contributed by atoms with Crippen LogP contribution in [0.2, 0.25) is 0 Å². The van der Waals surface area contributed by atoms with Crippen molar-refractivity contribution < 1.29 is 9.13 Å². The first-order valence-electron chi connectivity index (χ1n) is 4.89. The van der Waals surface area contributed by atoms with Crippen molar-refractivity contribution in [2.75, 3.05) is 0 Å². The minimum absolute atomic E-state index is 0.170. The molecule has 0 aliphatic rings. The second kappa shape index (κ2) is 5.09. The molecule has 7 heteroatoms. The molecule has 0 bridgehead atoms. The summed E-state index contributed by atoms with van der Waals surface area (Å²) in [6.07, 6.45) is 0. The first kappa shape index (κ1) is 11.8. The number of halogens is 2. The number of hydrogen-bond acceptors (Lipinski definition) is 4. The van der Waals surface area contributed by atoms with Crippen LogP contribution in [0.25, 0.3) is 0 Å². The predicted molar refractivity (Wildman–Crippen MR) is 59.1 cm³/mol. The molecule has 0 amide bonds. The highest BCUT2D eigenvalue weighted by Crippen LogP contribution is 2.22. The van der Waals surface area contributed by atoms with Crippen LogP contribution in [-0.2, 0) is 19.5 Å². The third kappa shape index (κ3) is 2.91. The summed E-state index contributed by atoms with van der Waals surface area (Å²) < 4.78 is 18.4. The molecule has 0 radical (unpaired) electrons. The molecular weight excluding hydrogens is 247 g/mol. The Morgan fingerprint density at radius 3 is 2.94 bits per heavy atom. The summed E-state index contributed by atoms with van der Waals surface area (Å²) >= 11 is 5.70. The van der Waals surface area contributed by atoms with Crippen molar-refractivity contribution in [3.63, 3.8) is 0 Å². The Hall–Kier alpha value is -1.69. The topological polar surface area (TPSA) is 52.8 Å². The molecule has 0 saturated carbocycles. The molecule has 0 aliphatic carbocycles. The Labute approximate surface area is 102 Å². The molecule has 17 heavy (non-hydrogen) atoms. The van der Waals surface area contributed by atoms with Crippen LogP contribution in [0.15, 0.2) is 18.2 Å². The average Bonchev–Trinajstić information content (AvgIpc) is 2.73. The standard InChI is InChI=1S/C10H10ClFN4O/c1-16-14-10(13-15-16)6-17-9-3-2-8(12)4-7(9)5-11/h2-4H,5-6H2,1H3. The number of rotatable bonds is 4. The Morgan fingerprint density at radius 2 is 2.29 bits per heavy atom. The number of ether oxygens (including phenoxy) is 1. The molecule has 5 nitrogen and oxygen atoms in total. The summed E-state index contributed by atoms with van der Waals surface area (Å²) in [5.41, 5.74) is 0.593. The van der Waals surface area contributed by atoms with E-state index in [1.807, 2.05) is 0 Å². The number of hydrogen-bond donors (Lipinski definition) is 0. The quantitative estimate of drug-likeness (QED) is 0.781. The first-order chi connectivity index (χ1) is 8.19. The van der Waals surface area contributed by atoms with Crippen molar-refractivity contribution in [1.82, 2.24) is 20.2 Å². The van der Waals surface area contributed by atoms with Crippen molar-refractivity contribution in [2.45, 2.75) is 12.5 Å². The van der Waals surface area contributed by atoms with Gasteiger partial charge in [-0.25, -0.2) is 4.39 Å². The maximum atomic E-state index is 12.9. The number of benzene rings is 1. The molecule has 2 aromatic rings. The number of aryl methyl sites for hydroxylation is 1. The lowest BCUT2D eigenvalue weighted by Crippen LogP contribution is -2.01. The van der Waals surface area contributed by atoms with Crippen LogP contribution in [0.5, 0.6) is 5.75 Å². The van der Waals surface area contributed by atoms with Gasteiger partial charge in [0.05, 0.1) is 12.9 Å². The van der Waals surface area contributed by atoms with Gasteiger partial charge in [-0.3, -0.25) is 0 Å². The van der Waals surface area contributed by atoms with Gasteiger partial charge in [-0.05, 0) is 23.4 Å². The first-order valence-corrected chi connectivity index (χ1v) is 5.42. The number of nitrogens with zero attached hydrogens (tertiary/aromatic N) is 4. The van der Waals surface area contributed by atoms with Crippen molar-refractivity contribution in [3.8, 4) is 5.75 Å². The van der Waals surface area contributed by atoms with Gasteiger partial charge in [-0.15, -0.1) is 21.8 Å². The lowest BCUT2D eigenvalue weighted by molar-refractivity contribution is 0.292. The fourth-order valence-corrected chi connectivity index (χ4v) is 1.53. The van der Waals surface area contributed by atoms with E-state index >= 15 is 0 Å². The zero-order valence-corrected chi connectivity index (χ0v) is 9.86. The van der Waals surface area contributed by atoms with Crippen molar-refractivity contribution in [2.24, 2.45) is 7.05 Å². The van der Waals surface area contributed by atoms with E-state index in [1.54, 1.807) is 7.05 Å². The molecule has 0 saturated heterocycles. The lowest BCUT2D eigenvalue weighted by Gasteiger charge is -2.07. The zero-order valence-electron chi connectivity index (χ0n) is 9.10. The van der Waals surface area contributed by atoms with Crippen LogP contribution in [0.3, 0.4) is 0 Å². The summed E-state index contributed by atoms with van der Waals surface area (Å²) in [7, 11) is 1.67. The van der Waals surface area contributed by atoms with Crippen LogP contribution in [0.1, 0.15) is 11.4 Å². The molecule has 0 aliphatic heterocycles. The molecule has 1 aromatic heterocycles. The van der Waals surface area contributed by atoms with Crippen molar-refractivity contribution in [1.29, 1.82) is 0 Å². The summed E-state index contributed by atoms with van der Waals surface area (Å²) in [6.45, 7) is 0.170.